The van der Waals surface area contributed by atoms with Crippen LogP contribution in [0.4, 0.5) is 17.1 Å². The molecule has 1 aliphatic rings. The molecule has 0 aliphatic carbocycles. The molecule has 1 aromatic heterocycles. The molecule has 3 aromatic rings. The van der Waals surface area contributed by atoms with E-state index in [1.54, 1.807) is 12.1 Å². The van der Waals surface area contributed by atoms with Gasteiger partial charge in [-0.3, -0.25) is 18.7 Å². The number of hydrogen-bond donors (Lipinski definition) is 4. The summed E-state index contributed by atoms with van der Waals surface area (Å²) in [6.45, 7) is 5.43. The highest BCUT2D eigenvalue weighted by molar-refractivity contribution is 8.03. The maximum atomic E-state index is 11.7. The zero-order valence-electron chi connectivity index (χ0n) is 24.9. The van der Waals surface area contributed by atoms with Crippen LogP contribution < -0.4 is 20.1 Å². The fraction of sp³-hybridized carbons (Fsp3) is 0.345. The third-order valence-corrected chi connectivity index (χ3v) is 10.5. The Hall–Kier alpha value is -3.28. The Bertz CT molecular complexity index is 1900. The zero-order chi connectivity index (χ0) is 32.9. The van der Waals surface area contributed by atoms with Crippen molar-refractivity contribution in [3.05, 3.63) is 58.1 Å². The van der Waals surface area contributed by atoms with Gasteiger partial charge in [0, 0.05) is 55.2 Å². The minimum Gasteiger partial charge on any atom is -0.335 e. The van der Waals surface area contributed by atoms with Gasteiger partial charge < -0.3 is 15.5 Å². The van der Waals surface area contributed by atoms with E-state index in [1.165, 1.54) is 36.9 Å². The Labute approximate surface area is 270 Å². The van der Waals surface area contributed by atoms with Crippen LogP contribution in [-0.4, -0.2) is 55.8 Å². The number of rotatable bonds is 13. The van der Waals surface area contributed by atoms with E-state index in [2.05, 4.69) is 10.6 Å². The van der Waals surface area contributed by atoms with Crippen LogP contribution in [0.3, 0.4) is 0 Å². The maximum Gasteiger partial charge on any atom is 0.265 e. The number of carbonyl (C=O) groups excluding carboxylic acids is 2. The van der Waals surface area contributed by atoms with Crippen molar-refractivity contribution >= 4 is 88.5 Å². The largest absolute Gasteiger partial charge is 0.335 e. The van der Waals surface area contributed by atoms with Crippen LogP contribution >= 0.6 is 23.1 Å². The second-order valence-electron chi connectivity index (χ2n) is 10.4. The quantitative estimate of drug-likeness (QED) is 0.142. The molecular formula is C29H35N4O8S4+. The van der Waals surface area contributed by atoms with Gasteiger partial charge in [0.1, 0.15) is 4.70 Å². The molecule has 0 atom stereocenters. The van der Waals surface area contributed by atoms with E-state index in [0.29, 0.717) is 30.9 Å². The minimum atomic E-state index is -4.15. The molecule has 16 heteroatoms. The van der Waals surface area contributed by atoms with Crippen LogP contribution in [0.1, 0.15) is 45.0 Å². The summed E-state index contributed by atoms with van der Waals surface area (Å²) in [7, 11) is -8.29. The van der Waals surface area contributed by atoms with E-state index < -0.39 is 31.7 Å². The van der Waals surface area contributed by atoms with Gasteiger partial charge in [-0.15, -0.1) is 0 Å². The van der Waals surface area contributed by atoms with Gasteiger partial charge in [-0.05, 0) is 54.8 Å². The molecule has 0 unspecified atom stereocenters. The number of aromatic nitrogens is 1. The van der Waals surface area contributed by atoms with Gasteiger partial charge in [0.05, 0.1) is 22.2 Å². The predicted molar refractivity (Wildman–Crippen MR) is 179 cm³/mol. The van der Waals surface area contributed by atoms with Crippen molar-refractivity contribution < 1.29 is 40.1 Å². The SMILES string of the molecule is CCC(/C=C1\Sc2ccc(NC(C)=O)cc2N1CCCS(=O)(=O)O)=C\c1sc2ccc(NC(C)=O)cc2[n+]1CCCS(=O)(=O)O. The number of thiazole rings is 1. The number of nitrogens with one attached hydrogen (secondary N) is 2. The number of carbonyl (C=O) groups is 2. The van der Waals surface area contributed by atoms with Gasteiger partial charge in [-0.25, -0.2) is 0 Å². The molecule has 12 nitrogen and oxygen atoms in total. The Balaban J connectivity index is 1.75. The highest BCUT2D eigenvalue weighted by atomic mass is 32.2. The molecular weight excluding hydrogens is 661 g/mol. The van der Waals surface area contributed by atoms with Crippen molar-refractivity contribution in [3.63, 3.8) is 0 Å². The molecule has 4 N–H and O–H groups in total. The van der Waals surface area contributed by atoms with E-state index >= 15 is 0 Å². The summed E-state index contributed by atoms with van der Waals surface area (Å²) in [5.74, 6) is -1.24. The average molecular weight is 696 g/mol. The van der Waals surface area contributed by atoms with Crippen LogP contribution in [0.5, 0.6) is 0 Å². The van der Waals surface area contributed by atoms with Crippen LogP contribution in [0.2, 0.25) is 0 Å². The lowest BCUT2D eigenvalue weighted by Crippen LogP contribution is -2.36. The van der Waals surface area contributed by atoms with Gasteiger partial charge >= 0.3 is 0 Å². The molecule has 1 aliphatic heterocycles. The zero-order valence-corrected chi connectivity index (χ0v) is 28.2. The van der Waals surface area contributed by atoms with Crippen molar-refractivity contribution in [1.82, 2.24) is 0 Å². The monoisotopic (exact) mass is 695 g/mol. The molecule has 4 rings (SSSR count). The Morgan fingerprint density at radius 2 is 1.56 bits per heavy atom. The number of nitrogens with zero attached hydrogens (tertiary/aromatic N) is 2. The van der Waals surface area contributed by atoms with Gasteiger partial charge in [-0.2, -0.15) is 21.4 Å². The third kappa shape index (κ3) is 9.85. The van der Waals surface area contributed by atoms with Crippen LogP contribution in [-0.2, 0) is 36.4 Å². The summed E-state index contributed by atoms with van der Waals surface area (Å²) in [6.07, 6.45) is 4.99. The van der Waals surface area contributed by atoms with Crippen molar-refractivity contribution in [2.75, 3.05) is 33.6 Å². The molecule has 0 bridgehead atoms. The fourth-order valence-electron chi connectivity index (χ4n) is 4.81. The first-order chi connectivity index (χ1) is 21.1. The second-order valence-corrected chi connectivity index (χ2v) is 15.7. The number of fused-ring (bicyclic) bond motifs is 2. The van der Waals surface area contributed by atoms with E-state index in [-0.39, 0.29) is 24.7 Å². The Morgan fingerprint density at radius 3 is 2.18 bits per heavy atom. The van der Waals surface area contributed by atoms with Crippen molar-refractivity contribution in [2.45, 2.75) is 51.5 Å². The molecule has 0 fully saturated rings. The van der Waals surface area contributed by atoms with Crippen LogP contribution in [0, 0.1) is 0 Å². The van der Waals surface area contributed by atoms with Gasteiger partial charge in [-0.1, -0.05) is 30.0 Å². The highest BCUT2D eigenvalue weighted by Crippen LogP contribution is 2.47. The molecule has 0 radical (unpaired) electrons. The molecule has 242 valence electrons. The Kier molecular flexibility index (Phi) is 11.1. The number of allylic oxidation sites excluding steroid dienone is 2. The maximum absolute atomic E-state index is 11.7. The van der Waals surface area contributed by atoms with Crippen LogP contribution in [0.15, 0.2) is 58.0 Å². The number of hydrogen-bond acceptors (Lipinski definition) is 9. The molecule has 0 saturated heterocycles. The lowest BCUT2D eigenvalue weighted by Gasteiger charge is -2.21. The summed E-state index contributed by atoms with van der Waals surface area (Å²) in [6, 6.07) is 11.0. The third-order valence-electron chi connectivity index (χ3n) is 6.70. The van der Waals surface area contributed by atoms with Gasteiger partial charge in [0.2, 0.25) is 17.3 Å². The minimum absolute atomic E-state index is 0.173. The number of anilines is 3. The molecule has 2 amide bonds. The Morgan fingerprint density at radius 1 is 0.933 bits per heavy atom. The van der Waals surface area contributed by atoms with Crippen molar-refractivity contribution in [1.29, 1.82) is 0 Å². The van der Waals surface area contributed by atoms with E-state index in [0.717, 1.165) is 36.4 Å². The standard InChI is InChI=1S/C29H34N4O8S4/c1-4-21(15-28-32(11-5-13-44(36,37)38)24-17-22(30-19(2)34)7-9-26(24)42-28)16-29-33(12-6-14-45(39,40)41)25-18-23(31-20(3)35)8-10-27(25)43-29/h7-10,15-18H,4-6,11-14H2,1-3H3,(H3-,30,31,34,35,36,37,38,39,40,41)/p+1. The average Bonchev–Trinajstić information content (AvgIpc) is 3.43. The first-order valence-corrected chi connectivity index (χ1v) is 18.9. The van der Waals surface area contributed by atoms with E-state index in [9.17, 15) is 35.5 Å². The molecule has 45 heavy (non-hydrogen) atoms. The van der Waals surface area contributed by atoms with Gasteiger partial charge in [0.25, 0.3) is 25.2 Å². The normalized spacial score (nSPS) is 14.6. The van der Waals surface area contributed by atoms with Crippen LogP contribution in [0.25, 0.3) is 16.3 Å². The topological polar surface area (TPSA) is 174 Å². The van der Waals surface area contributed by atoms with E-state index in [4.69, 9.17) is 0 Å². The summed E-state index contributed by atoms with van der Waals surface area (Å²) >= 11 is 3.00. The van der Waals surface area contributed by atoms with Crippen molar-refractivity contribution in [2.24, 2.45) is 0 Å². The molecule has 0 saturated carbocycles. The highest BCUT2D eigenvalue weighted by Gasteiger charge is 2.27. The molecule has 0 spiro atoms. The number of amides is 2. The predicted octanol–water partition coefficient (Wildman–Crippen LogP) is 4.91. The number of benzene rings is 2. The number of aryl methyl sites for hydroxylation is 1. The smallest absolute Gasteiger partial charge is 0.265 e. The number of thioether (sulfide) groups is 1. The fourth-order valence-corrected chi connectivity index (χ4v) is 8.09. The summed E-state index contributed by atoms with van der Waals surface area (Å²) < 4.78 is 67.2. The lowest BCUT2D eigenvalue weighted by molar-refractivity contribution is -0.668. The van der Waals surface area contributed by atoms with Gasteiger partial charge in [0.15, 0.2) is 6.54 Å². The molecule has 2 heterocycles. The summed E-state index contributed by atoms with van der Waals surface area (Å²) in [5, 5.41) is 7.22. The van der Waals surface area contributed by atoms with E-state index in [1.807, 2.05) is 52.8 Å². The lowest BCUT2D eigenvalue weighted by atomic mass is 10.2. The summed E-state index contributed by atoms with van der Waals surface area (Å²) in [5.41, 5.74) is 3.74. The van der Waals surface area contributed by atoms with Crippen molar-refractivity contribution in [3.8, 4) is 0 Å². The summed E-state index contributed by atoms with van der Waals surface area (Å²) in [4.78, 5) is 26.2. The first kappa shape index (κ1) is 34.6. The molecule has 2 aromatic carbocycles. The second kappa shape index (κ2) is 14.4. The first-order valence-electron chi connectivity index (χ1n) is 14.1.